The zero-order chi connectivity index (χ0) is 24.6. The molecule has 0 aliphatic rings. The summed E-state index contributed by atoms with van der Waals surface area (Å²) in [7, 11) is -7.96. The molecule has 0 aliphatic heterocycles. The molecule has 0 saturated carbocycles. The van der Waals surface area contributed by atoms with Gasteiger partial charge in [-0.1, -0.05) is 129 Å². The molecule has 0 aromatic heterocycles. The van der Waals surface area contributed by atoms with Crippen LogP contribution in [0.4, 0.5) is 0 Å². The fourth-order valence-corrected chi connectivity index (χ4v) is 4.65. The minimum Gasteiger partial charge on any atom is -0.748 e. The minimum atomic E-state index is -3.98. The Bertz CT molecular complexity index is 528. The first-order valence-electron chi connectivity index (χ1n) is 13.0. The maximum absolute atomic E-state index is 10.3. The summed E-state index contributed by atoms with van der Waals surface area (Å²) in [5.41, 5.74) is 0. The molecule has 6 nitrogen and oxygen atoms in total. The van der Waals surface area contributed by atoms with Gasteiger partial charge in [-0.15, -0.1) is 0 Å². The zero-order valence-electron chi connectivity index (χ0n) is 21.1. The van der Waals surface area contributed by atoms with Gasteiger partial charge in [0.2, 0.25) is 0 Å². The smallest absolute Gasteiger partial charge is 0.748 e. The van der Waals surface area contributed by atoms with E-state index in [1.165, 1.54) is 89.9 Å². The molecule has 0 amide bonds. The van der Waals surface area contributed by atoms with Gasteiger partial charge in [0, 0.05) is 11.5 Å². The van der Waals surface area contributed by atoms with Gasteiger partial charge in [0.1, 0.15) is 0 Å². The maximum atomic E-state index is 10.3. The monoisotopic (exact) mass is 561 g/mol. The van der Waals surface area contributed by atoms with Gasteiger partial charge >= 0.3 is 17.1 Å². The van der Waals surface area contributed by atoms with Crippen LogP contribution >= 0.6 is 0 Å². The summed E-state index contributed by atoms with van der Waals surface area (Å²) in [6.07, 6.45) is 22.9. The molecule has 0 rings (SSSR count). The molecule has 0 spiro atoms. The van der Waals surface area contributed by atoms with Gasteiger partial charge in [-0.25, -0.2) is 16.8 Å². The summed E-state index contributed by atoms with van der Waals surface area (Å²) in [6, 6.07) is 0. The fraction of sp³-hybridized carbons (Fsp3) is 1.00. The number of hydrogen-bond acceptors (Lipinski definition) is 6. The molecule has 0 N–H and O–H groups in total. The Morgan fingerprint density at radius 2 is 0.576 bits per heavy atom. The van der Waals surface area contributed by atoms with Crippen LogP contribution in [-0.2, 0) is 37.3 Å². The van der Waals surface area contributed by atoms with E-state index in [0.29, 0.717) is 12.8 Å². The molecule has 0 unspecified atom stereocenters. The van der Waals surface area contributed by atoms with Crippen LogP contribution in [-0.4, -0.2) is 37.4 Å². The summed E-state index contributed by atoms with van der Waals surface area (Å²) >= 11 is 0. The molecule has 0 fully saturated rings. The molecule has 0 heterocycles. The normalized spacial score (nSPS) is 11.5. The zero-order valence-corrected chi connectivity index (χ0v) is 23.7. The van der Waals surface area contributed by atoms with Crippen molar-refractivity contribution in [3.63, 3.8) is 0 Å². The van der Waals surface area contributed by atoms with E-state index in [9.17, 15) is 25.9 Å². The molecule has 205 valence electrons. The first-order chi connectivity index (χ1) is 15.1. The predicted octanol–water partition coefficient (Wildman–Crippen LogP) is 6.90. The van der Waals surface area contributed by atoms with Crippen molar-refractivity contribution in [3.05, 3.63) is 0 Å². The van der Waals surface area contributed by atoms with Crippen LogP contribution in [0.25, 0.3) is 0 Å². The van der Waals surface area contributed by atoms with E-state index in [1.54, 1.807) is 0 Å². The molecule has 0 aromatic rings. The van der Waals surface area contributed by atoms with Crippen molar-refractivity contribution in [1.29, 1.82) is 0 Å². The Kier molecular flexibility index (Phi) is 30.9. The van der Waals surface area contributed by atoms with Crippen LogP contribution in [0.5, 0.6) is 0 Å². The van der Waals surface area contributed by atoms with Crippen LogP contribution in [0.2, 0.25) is 0 Å². The van der Waals surface area contributed by atoms with Crippen LogP contribution in [0, 0.1) is 0 Å². The van der Waals surface area contributed by atoms with Crippen molar-refractivity contribution in [2.45, 2.75) is 142 Å². The van der Waals surface area contributed by atoms with Gasteiger partial charge in [-0.3, -0.25) is 0 Å². The quantitative estimate of drug-likeness (QED) is 0.0806. The van der Waals surface area contributed by atoms with Crippen LogP contribution in [0.3, 0.4) is 0 Å². The molecular weight excluding hydrogens is 512 g/mol. The second-order valence-corrected chi connectivity index (χ2v) is 11.9. The van der Waals surface area contributed by atoms with Crippen molar-refractivity contribution in [2.75, 3.05) is 11.5 Å². The Morgan fingerprint density at radius 1 is 0.394 bits per heavy atom. The number of unbranched alkanes of at least 4 members (excludes halogenated alkanes) is 18. The summed E-state index contributed by atoms with van der Waals surface area (Å²) < 4.78 is 61.9. The van der Waals surface area contributed by atoms with Crippen molar-refractivity contribution in [1.82, 2.24) is 0 Å². The van der Waals surface area contributed by atoms with E-state index in [4.69, 9.17) is 0 Å². The van der Waals surface area contributed by atoms with Gasteiger partial charge in [-0.2, -0.15) is 0 Å². The van der Waals surface area contributed by atoms with E-state index >= 15 is 0 Å². The third kappa shape index (κ3) is 42.9. The minimum absolute atomic E-state index is 0. The summed E-state index contributed by atoms with van der Waals surface area (Å²) in [4.78, 5) is 0. The summed E-state index contributed by atoms with van der Waals surface area (Å²) in [6.45, 7) is 4.42. The molecule has 9 heteroatoms. The van der Waals surface area contributed by atoms with E-state index in [0.717, 1.165) is 25.7 Å². The van der Waals surface area contributed by atoms with E-state index in [2.05, 4.69) is 13.8 Å². The molecule has 0 atom stereocenters. The van der Waals surface area contributed by atoms with Crippen LogP contribution in [0.1, 0.15) is 142 Å². The predicted molar refractivity (Wildman–Crippen MR) is 133 cm³/mol. The van der Waals surface area contributed by atoms with Crippen molar-refractivity contribution in [2.24, 2.45) is 0 Å². The largest absolute Gasteiger partial charge is 2.00 e. The van der Waals surface area contributed by atoms with Gasteiger partial charge < -0.3 is 9.11 Å². The number of rotatable bonds is 22. The molecule has 0 aromatic carbocycles. The Labute approximate surface area is 216 Å². The maximum Gasteiger partial charge on any atom is 2.00 e. The standard InChI is InChI=1S/2C12H26O3S.Cu/c2*1-2-3-4-5-6-7-8-9-10-11-12-16(13,14)15;/h2*2-12H2,1H3,(H,13,14,15);/q;;+2/p-2. The first-order valence-corrected chi connectivity index (χ1v) is 16.1. The molecule has 0 saturated heterocycles. The Balaban J connectivity index is -0.000000529. The third-order valence-electron chi connectivity index (χ3n) is 5.50. The van der Waals surface area contributed by atoms with Gasteiger partial charge in [0.15, 0.2) is 0 Å². The number of hydrogen-bond donors (Lipinski definition) is 0. The Morgan fingerprint density at radius 3 is 0.758 bits per heavy atom. The van der Waals surface area contributed by atoms with Crippen molar-refractivity contribution in [3.8, 4) is 0 Å². The van der Waals surface area contributed by atoms with E-state index in [-0.39, 0.29) is 28.6 Å². The average Bonchev–Trinajstić information content (AvgIpc) is 2.70. The molecular formula is C24H50CuO6S2. The van der Waals surface area contributed by atoms with Crippen molar-refractivity contribution >= 4 is 20.2 Å². The van der Waals surface area contributed by atoms with Crippen LogP contribution < -0.4 is 0 Å². The summed E-state index contributed by atoms with van der Waals surface area (Å²) in [5.74, 6) is -0.382. The molecule has 0 bridgehead atoms. The average molecular weight is 562 g/mol. The van der Waals surface area contributed by atoms with E-state index in [1.807, 2.05) is 0 Å². The van der Waals surface area contributed by atoms with Crippen LogP contribution in [0.15, 0.2) is 0 Å². The first kappa shape index (κ1) is 37.9. The molecule has 0 aliphatic carbocycles. The van der Waals surface area contributed by atoms with Gasteiger partial charge in [0.25, 0.3) is 0 Å². The van der Waals surface area contributed by atoms with Crippen molar-refractivity contribution < 1.29 is 43.0 Å². The fourth-order valence-electron chi connectivity index (χ4n) is 3.53. The van der Waals surface area contributed by atoms with Gasteiger partial charge in [-0.05, 0) is 12.8 Å². The third-order valence-corrected chi connectivity index (χ3v) is 7.07. The topological polar surface area (TPSA) is 114 Å². The summed E-state index contributed by atoms with van der Waals surface area (Å²) in [5, 5.41) is 0. The molecule has 1 radical (unpaired) electrons. The Hall–Kier alpha value is 0.339. The SMILES string of the molecule is CCCCCCCCCCCCS(=O)(=O)[O-].CCCCCCCCCCCCS(=O)(=O)[O-].[Cu+2]. The molecule has 33 heavy (non-hydrogen) atoms. The van der Waals surface area contributed by atoms with Gasteiger partial charge in [0.05, 0.1) is 20.2 Å². The second kappa shape index (κ2) is 26.9. The second-order valence-electron chi connectivity index (χ2n) is 8.89. The van der Waals surface area contributed by atoms with E-state index < -0.39 is 20.2 Å².